The van der Waals surface area contributed by atoms with E-state index in [-0.39, 0.29) is 5.91 Å². The summed E-state index contributed by atoms with van der Waals surface area (Å²) in [4.78, 5) is 14.8. The zero-order valence-corrected chi connectivity index (χ0v) is 12.7. The Morgan fingerprint density at radius 2 is 2.10 bits per heavy atom. The van der Waals surface area contributed by atoms with Crippen molar-refractivity contribution in [3.05, 3.63) is 29.8 Å². The third kappa shape index (κ3) is 3.75. The number of carbonyl (C=O) groups is 1. The van der Waals surface area contributed by atoms with Crippen molar-refractivity contribution in [3.63, 3.8) is 0 Å². The fourth-order valence-corrected chi connectivity index (χ4v) is 2.72. The molecular formula is C17H26N2O. The van der Waals surface area contributed by atoms with Crippen LogP contribution in [0.5, 0.6) is 0 Å². The van der Waals surface area contributed by atoms with E-state index in [2.05, 4.69) is 19.2 Å². The Morgan fingerprint density at radius 3 is 2.90 bits per heavy atom. The van der Waals surface area contributed by atoms with Crippen molar-refractivity contribution in [2.75, 3.05) is 25.0 Å². The van der Waals surface area contributed by atoms with Gasteiger partial charge in [0.1, 0.15) is 0 Å². The standard InChI is InChI=1S/C17H26N2O/c1-3-11-18-16-9-5-4-8-15(16)17(20)19-12-6-7-14(2)10-13-19/h4-5,8-9,14,18H,3,6-7,10-13H2,1-2H3. The molecule has 1 amide bonds. The lowest BCUT2D eigenvalue weighted by molar-refractivity contribution is 0.0761. The number of likely N-dealkylation sites (tertiary alicyclic amines) is 1. The first-order chi connectivity index (χ1) is 9.72. The highest BCUT2D eigenvalue weighted by Crippen LogP contribution is 2.21. The van der Waals surface area contributed by atoms with Crippen LogP contribution in [0.15, 0.2) is 24.3 Å². The SMILES string of the molecule is CCCNc1ccccc1C(=O)N1CCCC(C)CC1. The second-order valence-electron chi connectivity index (χ2n) is 5.80. The third-order valence-electron chi connectivity index (χ3n) is 4.03. The summed E-state index contributed by atoms with van der Waals surface area (Å²) in [5.41, 5.74) is 1.78. The Labute approximate surface area is 122 Å². The maximum absolute atomic E-state index is 12.7. The fourth-order valence-electron chi connectivity index (χ4n) is 2.72. The topological polar surface area (TPSA) is 32.3 Å². The molecule has 1 aromatic carbocycles. The number of anilines is 1. The molecule has 0 spiro atoms. The molecule has 0 aliphatic carbocycles. The lowest BCUT2D eigenvalue weighted by Crippen LogP contribution is -2.32. The first kappa shape index (κ1) is 14.9. The molecule has 1 heterocycles. The highest BCUT2D eigenvalue weighted by Gasteiger charge is 2.21. The van der Waals surface area contributed by atoms with E-state index in [0.29, 0.717) is 0 Å². The summed E-state index contributed by atoms with van der Waals surface area (Å²) in [6.45, 7) is 7.10. The van der Waals surface area contributed by atoms with E-state index in [1.54, 1.807) is 0 Å². The smallest absolute Gasteiger partial charge is 0.255 e. The number of hydrogen-bond donors (Lipinski definition) is 1. The van der Waals surface area contributed by atoms with Gasteiger partial charge in [-0.1, -0.05) is 26.0 Å². The third-order valence-corrected chi connectivity index (χ3v) is 4.03. The van der Waals surface area contributed by atoms with Crippen LogP contribution in [0.3, 0.4) is 0 Å². The molecule has 3 nitrogen and oxygen atoms in total. The second-order valence-corrected chi connectivity index (χ2v) is 5.80. The van der Waals surface area contributed by atoms with E-state index in [0.717, 1.165) is 56.1 Å². The van der Waals surface area contributed by atoms with Crippen molar-refractivity contribution in [2.45, 2.75) is 39.5 Å². The molecule has 1 aromatic rings. The van der Waals surface area contributed by atoms with E-state index in [1.807, 2.05) is 29.2 Å². The predicted molar refractivity (Wildman–Crippen MR) is 84.1 cm³/mol. The van der Waals surface area contributed by atoms with Crippen LogP contribution in [-0.4, -0.2) is 30.4 Å². The van der Waals surface area contributed by atoms with Crippen molar-refractivity contribution in [3.8, 4) is 0 Å². The maximum Gasteiger partial charge on any atom is 0.255 e. The molecular weight excluding hydrogens is 248 g/mol. The monoisotopic (exact) mass is 274 g/mol. The van der Waals surface area contributed by atoms with Crippen molar-refractivity contribution in [1.82, 2.24) is 4.90 Å². The Kier molecular flexibility index (Phi) is 5.45. The van der Waals surface area contributed by atoms with Crippen LogP contribution < -0.4 is 5.32 Å². The van der Waals surface area contributed by atoms with E-state index in [9.17, 15) is 4.79 Å². The molecule has 0 radical (unpaired) electrons. The van der Waals surface area contributed by atoms with Crippen LogP contribution in [0.2, 0.25) is 0 Å². The largest absolute Gasteiger partial charge is 0.384 e. The van der Waals surface area contributed by atoms with E-state index >= 15 is 0 Å². The molecule has 3 heteroatoms. The molecule has 0 saturated carbocycles. The summed E-state index contributed by atoms with van der Waals surface area (Å²) in [5, 5.41) is 3.36. The summed E-state index contributed by atoms with van der Waals surface area (Å²) < 4.78 is 0. The summed E-state index contributed by atoms with van der Waals surface area (Å²) in [5.74, 6) is 0.916. The van der Waals surface area contributed by atoms with E-state index < -0.39 is 0 Å². The summed E-state index contributed by atoms with van der Waals surface area (Å²) >= 11 is 0. The first-order valence-corrected chi connectivity index (χ1v) is 7.84. The molecule has 1 unspecified atom stereocenters. The minimum Gasteiger partial charge on any atom is -0.384 e. The van der Waals surface area contributed by atoms with Crippen LogP contribution in [0, 0.1) is 5.92 Å². The number of nitrogens with one attached hydrogen (secondary N) is 1. The van der Waals surface area contributed by atoms with Gasteiger partial charge in [0.2, 0.25) is 0 Å². The molecule has 1 atom stereocenters. The molecule has 1 saturated heterocycles. The number of rotatable bonds is 4. The van der Waals surface area contributed by atoms with Gasteiger partial charge in [0.15, 0.2) is 0 Å². The summed E-state index contributed by atoms with van der Waals surface area (Å²) in [7, 11) is 0. The molecule has 1 aliphatic heterocycles. The van der Waals surface area contributed by atoms with E-state index in [4.69, 9.17) is 0 Å². The molecule has 0 aromatic heterocycles. The van der Waals surface area contributed by atoms with Gasteiger partial charge in [0.25, 0.3) is 5.91 Å². The highest BCUT2D eigenvalue weighted by molar-refractivity contribution is 5.99. The molecule has 110 valence electrons. The molecule has 20 heavy (non-hydrogen) atoms. The van der Waals surface area contributed by atoms with Gasteiger partial charge in [-0.05, 0) is 43.7 Å². The van der Waals surface area contributed by atoms with Crippen LogP contribution >= 0.6 is 0 Å². The Bertz CT molecular complexity index is 444. The van der Waals surface area contributed by atoms with Crippen molar-refractivity contribution >= 4 is 11.6 Å². The minimum absolute atomic E-state index is 0.179. The van der Waals surface area contributed by atoms with Gasteiger partial charge in [-0.2, -0.15) is 0 Å². The zero-order chi connectivity index (χ0) is 14.4. The van der Waals surface area contributed by atoms with Gasteiger partial charge >= 0.3 is 0 Å². The van der Waals surface area contributed by atoms with Crippen molar-refractivity contribution in [2.24, 2.45) is 5.92 Å². The van der Waals surface area contributed by atoms with Gasteiger partial charge in [-0.3, -0.25) is 4.79 Å². The van der Waals surface area contributed by atoms with Gasteiger partial charge in [0.05, 0.1) is 5.56 Å². The first-order valence-electron chi connectivity index (χ1n) is 7.84. The van der Waals surface area contributed by atoms with Crippen LogP contribution in [-0.2, 0) is 0 Å². The molecule has 1 N–H and O–H groups in total. The average Bonchev–Trinajstić information content (AvgIpc) is 2.69. The lowest BCUT2D eigenvalue weighted by atomic mass is 10.0. The Hall–Kier alpha value is -1.51. The number of carbonyl (C=O) groups excluding carboxylic acids is 1. The quantitative estimate of drug-likeness (QED) is 0.906. The molecule has 0 bridgehead atoms. The lowest BCUT2D eigenvalue weighted by Gasteiger charge is -2.22. The van der Waals surface area contributed by atoms with Gasteiger partial charge in [-0.15, -0.1) is 0 Å². The molecule has 1 fully saturated rings. The molecule has 1 aliphatic rings. The second kappa shape index (κ2) is 7.32. The number of amides is 1. The van der Waals surface area contributed by atoms with Crippen LogP contribution in [0.1, 0.15) is 49.9 Å². The normalized spacial score (nSPS) is 19.5. The predicted octanol–water partition coefficient (Wildman–Crippen LogP) is 3.77. The van der Waals surface area contributed by atoms with Crippen LogP contribution in [0.4, 0.5) is 5.69 Å². The number of benzene rings is 1. The van der Waals surface area contributed by atoms with Gasteiger partial charge in [0, 0.05) is 25.3 Å². The Balaban J connectivity index is 2.11. The van der Waals surface area contributed by atoms with Crippen molar-refractivity contribution in [1.29, 1.82) is 0 Å². The van der Waals surface area contributed by atoms with Crippen LogP contribution in [0.25, 0.3) is 0 Å². The number of nitrogens with zero attached hydrogens (tertiary/aromatic N) is 1. The zero-order valence-electron chi connectivity index (χ0n) is 12.7. The minimum atomic E-state index is 0.179. The number of hydrogen-bond acceptors (Lipinski definition) is 2. The van der Waals surface area contributed by atoms with E-state index in [1.165, 1.54) is 6.42 Å². The number of para-hydroxylation sites is 1. The maximum atomic E-state index is 12.7. The Morgan fingerprint density at radius 1 is 1.30 bits per heavy atom. The fraction of sp³-hybridized carbons (Fsp3) is 0.588. The summed E-state index contributed by atoms with van der Waals surface area (Å²) in [6.07, 6.45) is 4.54. The molecule has 2 rings (SSSR count). The van der Waals surface area contributed by atoms with Crippen molar-refractivity contribution < 1.29 is 4.79 Å². The van der Waals surface area contributed by atoms with Gasteiger partial charge < -0.3 is 10.2 Å². The highest BCUT2D eigenvalue weighted by atomic mass is 16.2. The average molecular weight is 274 g/mol. The van der Waals surface area contributed by atoms with Gasteiger partial charge in [-0.25, -0.2) is 0 Å². The summed E-state index contributed by atoms with van der Waals surface area (Å²) in [6, 6.07) is 7.88.